The lowest BCUT2D eigenvalue weighted by Crippen LogP contribution is -2.44. The number of nitrogens with zero attached hydrogens (tertiary/aromatic N) is 1. The molecule has 0 radical (unpaired) electrons. The highest BCUT2D eigenvalue weighted by Gasteiger charge is 2.29. The number of para-hydroxylation sites is 1. The maximum Gasteiger partial charge on any atom is 0.253 e. The van der Waals surface area contributed by atoms with Crippen molar-refractivity contribution >= 4 is 17.5 Å². The monoisotopic (exact) mass is 392 g/mol. The molecule has 1 aliphatic rings. The first-order chi connectivity index (χ1) is 13.9. The number of hydrogen-bond donors (Lipinski definition) is 1. The van der Waals surface area contributed by atoms with Gasteiger partial charge in [-0.2, -0.15) is 0 Å². The standard InChI is InChI=1S/C25H32N2O2/c1-5-19-9-7-10-20(6-2)23(19)26-24(28)21-11-8-12-27(16-21)25(29)22-14-17(3)13-18(4)15-22/h7,9-10,13-15,21H,5-6,8,11-12,16H2,1-4H3,(H,26,28). The zero-order valence-electron chi connectivity index (χ0n) is 18.0. The lowest BCUT2D eigenvalue weighted by atomic mass is 9.95. The Kier molecular flexibility index (Phi) is 6.73. The predicted molar refractivity (Wildman–Crippen MR) is 118 cm³/mol. The van der Waals surface area contributed by atoms with Crippen LogP contribution < -0.4 is 5.32 Å². The van der Waals surface area contributed by atoms with Crippen molar-refractivity contribution in [3.05, 3.63) is 64.2 Å². The van der Waals surface area contributed by atoms with Crippen molar-refractivity contribution in [2.75, 3.05) is 18.4 Å². The van der Waals surface area contributed by atoms with Crippen LogP contribution in [0.3, 0.4) is 0 Å². The van der Waals surface area contributed by atoms with E-state index in [1.54, 1.807) is 0 Å². The number of carbonyl (C=O) groups is 2. The summed E-state index contributed by atoms with van der Waals surface area (Å²) in [6.45, 7) is 9.42. The topological polar surface area (TPSA) is 49.4 Å². The molecule has 1 aliphatic heterocycles. The number of anilines is 1. The Morgan fingerprint density at radius 3 is 2.24 bits per heavy atom. The molecule has 1 saturated heterocycles. The van der Waals surface area contributed by atoms with Gasteiger partial charge in [0.1, 0.15) is 0 Å². The number of piperidine rings is 1. The van der Waals surface area contributed by atoms with E-state index in [0.29, 0.717) is 18.7 Å². The number of carbonyl (C=O) groups excluding carboxylic acids is 2. The number of aryl methyl sites for hydroxylation is 4. The molecule has 154 valence electrons. The fourth-order valence-corrected chi connectivity index (χ4v) is 4.28. The molecule has 29 heavy (non-hydrogen) atoms. The van der Waals surface area contributed by atoms with Crippen LogP contribution in [0.2, 0.25) is 0 Å². The molecule has 2 aromatic carbocycles. The molecule has 1 fully saturated rings. The molecule has 1 atom stereocenters. The predicted octanol–water partition coefficient (Wildman–Crippen LogP) is 4.92. The molecule has 1 heterocycles. The third-order valence-electron chi connectivity index (χ3n) is 5.80. The molecule has 2 aromatic rings. The minimum Gasteiger partial charge on any atom is -0.338 e. The zero-order chi connectivity index (χ0) is 21.0. The number of likely N-dealkylation sites (tertiary alicyclic amines) is 1. The van der Waals surface area contributed by atoms with Gasteiger partial charge in [0.15, 0.2) is 0 Å². The molecular weight excluding hydrogens is 360 g/mol. The molecule has 0 aliphatic carbocycles. The Morgan fingerprint density at radius 2 is 1.66 bits per heavy atom. The maximum atomic E-state index is 13.1. The first-order valence-electron chi connectivity index (χ1n) is 10.7. The van der Waals surface area contributed by atoms with Gasteiger partial charge in [0.2, 0.25) is 5.91 Å². The second-order valence-electron chi connectivity index (χ2n) is 8.11. The normalized spacial score (nSPS) is 16.6. The average Bonchev–Trinajstić information content (AvgIpc) is 2.72. The van der Waals surface area contributed by atoms with E-state index in [0.717, 1.165) is 53.6 Å². The van der Waals surface area contributed by atoms with Crippen molar-refractivity contribution in [2.24, 2.45) is 5.92 Å². The summed E-state index contributed by atoms with van der Waals surface area (Å²) >= 11 is 0. The van der Waals surface area contributed by atoms with E-state index >= 15 is 0 Å². The van der Waals surface area contributed by atoms with Crippen LogP contribution in [-0.2, 0) is 17.6 Å². The van der Waals surface area contributed by atoms with E-state index < -0.39 is 0 Å². The van der Waals surface area contributed by atoms with Crippen molar-refractivity contribution in [1.82, 2.24) is 4.90 Å². The van der Waals surface area contributed by atoms with Gasteiger partial charge >= 0.3 is 0 Å². The number of benzene rings is 2. The van der Waals surface area contributed by atoms with Crippen molar-refractivity contribution in [3.8, 4) is 0 Å². The van der Waals surface area contributed by atoms with E-state index in [4.69, 9.17) is 0 Å². The minimum atomic E-state index is -0.173. The summed E-state index contributed by atoms with van der Waals surface area (Å²) in [5.41, 5.74) is 6.17. The number of amides is 2. The van der Waals surface area contributed by atoms with Gasteiger partial charge in [0.05, 0.1) is 5.92 Å². The second kappa shape index (κ2) is 9.25. The van der Waals surface area contributed by atoms with Crippen molar-refractivity contribution in [3.63, 3.8) is 0 Å². The van der Waals surface area contributed by atoms with Gasteiger partial charge in [-0.05, 0) is 62.8 Å². The van der Waals surface area contributed by atoms with Crippen LogP contribution in [0.1, 0.15) is 59.3 Å². The number of nitrogens with one attached hydrogen (secondary N) is 1. The Morgan fingerprint density at radius 1 is 1.03 bits per heavy atom. The Balaban J connectivity index is 1.74. The van der Waals surface area contributed by atoms with Crippen molar-refractivity contribution in [1.29, 1.82) is 0 Å². The molecule has 0 spiro atoms. The summed E-state index contributed by atoms with van der Waals surface area (Å²) in [5.74, 6) is -0.121. The molecule has 4 heteroatoms. The smallest absolute Gasteiger partial charge is 0.253 e. The van der Waals surface area contributed by atoms with Crippen LogP contribution in [0.25, 0.3) is 0 Å². The lowest BCUT2D eigenvalue weighted by molar-refractivity contribution is -0.121. The summed E-state index contributed by atoms with van der Waals surface area (Å²) < 4.78 is 0. The Hall–Kier alpha value is -2.62. The average molecular weight is 393 g/mol. The van der Waals surface area contributed by atoms with Gasteiger partial charge < -0.3 is 10.2 Å². The number of rotatable bonds is 5. The third kappa shape index (κ3) is 4.87. The number of hydrogen-bond acceptors (Lipinski definition) is 2. The Labute approximate surface area is 174 Å². The molecule has 1 unspecified atom stereocenters. The van der Waals surface area contributed by atoms with Gasteiger partial charge in [0.25, 0.3) is 5.91 Å². The Bertz CT molecular complexity index is 861. The molecule has 4 nitrogen and oxygen atoms in total. The molecule has 0 saturated carbocycles. The van der Waals surface area contributed by atoms with Crippen LogP contribution in [0.4, 0.5) is 5.69 Å². The van der Waals surface area contributed by atoms with Crippen molar-refractivity contribution in [2.45, 2.75) is 53.4 Å². The van der Waals surface area contributed by atoms with Crippen molar-refractivity contribution < 1.29 is 9.59 Å². The highest BCUT2D eigenvalue weighted by atomic mass is 16.2. The molecule has 0 aromatic heterocycles. The molecule has 3 rings (SSSR count). The van der Waals surface area contributed by atoms with Gasteiger partial charge in [-0.1, -0.05) is 49.2 Å². The quantitative estimate of drug-likeness (QED) is 0.785. The summed E-state index contributed by atoms with van der Waals surface area (Å²) in [6, 6.07) is 12.1. The van der Waals surface area contributed by atoms with E-state index in [9.17, 15) is 9.59 Å². The SMILES string of the molecule is CCc1cccc(CC)c1NC(=O)C1CCCN(C(=O)c2cc(C)cc(C)c2)C1. The van der Waals surface area contributed by atoms with Gasteiger partial charge in [-0.3, -0.25) is 9.59 Å². The van der Waals surface area contributed by atoms with Gasteiger partial charge in [0, 0.05) is 24.3 Å². The van der Waals surface area contributed by atoms with E-state index in [-0.39, 0.29) is 17.7 Å². The van der Waals surface area contributed by atoms with E-state index in [1.165, 1.54) is 0 Å². The van der Waals surface area contributed by atoms with E-state index in [2.05, 4.69) is 43.4 Å². The van der Waals surface area contributed by atoms with Gasteiger partial charge in [-0.15, -0.1) is 0 Å². The van der Waals surface area contributed by atoms with Gasteiger partial charge in [-0.25, -0.2) is 0 Å². The highest BCUT2D eigenvalue weighted by Crippen LogP contribution is 2.26. The summed E-state index contributed by atoms with van der Waals surface area (Å²) in [6.07, 6.45) is 3.43. The first-order valence-corrected chi connectivity index (χ1v) is 10.7. The lowest BCUT2D eigenvalue weighted by Gasteiger charge is -2.32. The molecule has 1 N–H and O–H groups in total. The molecular formula is C25H32N2O2. The highest BCUT2D eigenvalue weighted by molar-refractivity contribution is 5.97. The first kappa shape index (κ1) is 21.1. The zero-order valence-corrected chi connectivity index (χ0v) is 18.0. The summed E-state index contributed by atoms with van der Waals surface area (Å²) in [7, 11) is 0. The second-order valence-corrected chi connectivity index (χ2v) is 8.11. The summed E-state index contributed by atoms with van der Waals surface area (Å²) in [5, 5.41) is 3.19. The largest absolute Gasteiger partial charge is 0.338 e. The van der Waals surface area contributed by atoms with Crippen LogP contribution in [0.15, 0.2) is 36.4 Å². The van der Waals surface area contributed by atoms with Crippen LogP contribution in [-0.4, -0.2) is 29.8 Å². The fourth-order valence-electron chi connectivity index (χ4n) is 4.28. The van der Waals surface area contributed by atoms with Crippen LogP contribution in [0, 0.1) is 19.8 Å². The maximum absolute atomic E-state index is 13.1. The minimum absolute atomic E-state index is 0.0255. The third-order valence-corrected chi connectivity index (χ3v) is 5.80. The molecule has 2 amide bonds. The summed E-state index contributed by atoms with van der Waals surface area (Å²) in [4.78, 5) is 27.9. The molecule has 0 bridgehead atoms. The van der Waals surface area contributed by atoms with Crippen LogP contribution >= 0.6 is 0 Å². The fraction of sp³-hybridized carbons (Fsp3) is 0.440. The van der Waals surface area contributed by atoms with Crippen LogP contribution in [0.5, 0.6) is 0 Å². The van der Waals surface area contributed by atoms with E-state index in [1.807, 2.05) is 30.9 Å².